The maximum Gasteiger partial charge on any atom is 0.301 e. The SMILES string of the molecule is COc1ccc2nc(N3C(=O)C(=O)/C(=C(/O)c4cccnc4)C3c3ccc(O)cc3)sc2c1. The van der Waals surface area contributed by atoms with Gasteiger partial charge in [-0.25, -0.2) is 4.98 Å². The van der Waals surface area contributed by atoms with E-state index >= 15 is 0 Å². The Labute approximate surface area is 192 Å². The molecule has 0 saturated carbocycles. The summed E-state index contributed by atoms with van der Waals surface area (Å²) in [4.78, 5) is 36.2. The van der Waals surface area contributed by atoms with Gasteiger partial charge in [-0.15, -0.1) is 0 Å². The standard InChI is InChI=1S/C24H17N3O5S/c1-32-16-8-9-17-18(11-16)33-24(26-17)27-20(13-4-6-15(28)7-5-13)19(22(30)23(27)31)21(29)14-3-2-10-25-12-14/h2-12,20,28-29H,1H3/b21-19+. The Kier molecular flexibility index (Phi) is 5.02. The molecule has 2 aromatic carbocycles. The number of Topliss-reactive ketones (excluding diaryl/α,β-unsaturated/α-hetero) is 1. The topological polar surface area (TPSA) is 113 Å². The molecule has 4 aromatic rings. The van der Waals surface area contributed by atoms with Gasteiger partial charge in [-0.05, 0) is 48.0 Å². The molecule has 0 bridgehead atoms. The van der Waals surface area contributed by atoms with Gasteiger partial charge in [0.25, 0.3) is 5.78 Å². The van der Waals surface area contributed by atoms with Gasteiger partial charge >= 0.3 is 5.91 Å². The highest BCUT2D eigenvalue weighted by molar-refractivity contribution is 7.22. The number of rotatable bonds is 4. The number of hydrogen-bond donors (Lipinski definition) is 2. The number of aliphatic hydroxyl groups excluding tert-OH is 1. The molecule has 2 N–H and O–H groups in total. The van der Waals surface area contributed by atoms with Crippen molar-refractivity contribution < 1.29 is 24.5 Å². The molecule has 1 saturated heterocycles. The number of benzene rings is 2. The molecule has 164 valence electrons. The van der Waals surface area contributed by atoms with Crippen LogP contribution in [-0.4, -0.2) is 39.0 Å². The van der Waals surface area contributed by atoms with E-state index < -0.39 is 17.7 Å². The molecule has 0 radical (unpaired) electrons. The first kappa shape index (κ1) is 20.7. The number of pyridine rings is 1. The van der Waals surface area contributed by atoms with Crippen molar-refractivity contribution in [3.8, 4) is 11.5 Å². The summed E-state index contributed by atoms with van der Waals surface area (Å²) in [5.41, 5.74) is 1.42. The summed E-state index contributed by atoms with van der Waals surface area (Å²) in [5, 5.41) is 21.1. The molecule has 8 nitrogen and oxygen atoms in total. The lowest BCUT2D eigenvalue weighted by Crippen LogP contribution is -2.29. The first-order valence-electron chi connectivity index (χ1n) is 9.93. The number of carbonyl (C=O) groups excluding carboxylic acids is 2. The van der Waals surface area contributed by atoms with Crippen LogP contribution in [0.15, 0.2) is 72.6 Å². The average Bonchev–Trinajstić information content (AvgIpc) is 3.37. The normalized spacial score (nSPS) is 17.6. The Balaban J connectivity index is 1.72. The number of nitrogens with zero attached hydrogens (tertiary/aromatic N) is 3. The van der Waals surface area contributed by atoms with Crippen molar-refractivity contribution in [3.05, 3.63) is 83.7 Å². The molecule has 1 aliphatic heterocycles. The van der Waals surface area contributed by atoms with Crippen molar-refractivity contribution in [1.82, 2.24) is 9.97 Å². The molecular formula is C24H17N3O5S. The maximum atomic E-state index is 13.2. The van der Waals surface area contributed by atoms with Gasteiger partial charge in [0.1, 0.15) is 17.3 Å². The molecule has 5 rings (SSSR count). The zero-order valence-corrected chi connectivity index (χ0v) is 18.1. The summed E-state index contributed by atoms with van der Waals surface area (Å²) in [6, 6.07) is 13.8. The van der Waals surface area contributed by atoms with Crippen LogP contribution in [0.3, 0.4) is 0 Å². The monoisotopic (exact) mass is 459 g/mol. The lowest BCUT2D eigenvalue weighted by molar-refractivity contribution is -0.132. The van der Waals surface area contributed by atoms with Gasteiger partial charge in [-0.2, -0.15) is 0 Å². The summed E-state index contributed by atoms with van der Waals surface area (Å²) in [7, 11) is 1.56. The molecule has 1 aliphatic rings. The second-order valence-electron chi connectivity index (χ2n) is 7.33. The molecule has 9 heteroatoms. The van der Waals surface area contributed by atoms with E-state index in [1.807, 2.05) is 0 Å². The summed E-state index contributed by atoms with van der Waals surface area (Å²) < 4.78 is 6.05. The average molecular weight is 459 g/mol. The molecular weight excluding hydrogens is 442 g/mol. The van der Waals surface area contributed by atoms with Gasteiger partial charge in [-0.1, -0.05) is 23.5 Å². The van der Waals surface area contributed by atoms with E-state index in [0.717, 1.165) is 4.70 Å². The van der Waals surface area contributed by atoms with Crippen molar-refractivity contribution in [2.75, 3.05) is 12.0 Å². The van der Waals surface area contributed by atoms with Crippen LogP contribution in [0.1, 0.15) is 17.2 Å². The molecule has 33 heavy (non-hydrogen) atoms. The van der Waals surface area contributed by atoms with Crippen molar-refractivity contribution >= 4 is 44.1 Å². The number of amides is 1. The lowest BCUT2D eigenvalue weighted by atomic mass is 9.96. The molecule has 1 atom stereocenters. The summed E-state index contributed by atoms with van der Waals surface area (Å²) in [6.07, 6.45) is 2.96. The third-order valence-corrected chi connectivity index (χ3v) is 6.40. The zero-order valence-electron chi connectivity index (χ0n) is 17.3. The van der Waals surface area contributed by atoms with Crippen LogP contribution >= 0.6 is 11.3 Å². The van der Waals surface area contributed by atoms with E-state index in [4.69, 9.17) is 4.74 Å². The van der Waals surface area contributed by atoms with Crippen molar-refractivity contribution in [2.45, 2.75) is 6.04 Å². The van der Waals surface area contributed by atoms with E-state index in [9.17, 15) is 19.8 Å². The summed E-state index contributed by atoms with van der Waals surface area (Å²) in [5.74, 6) is -1.28. The highest BCUT2D eigenvalue weighted by atomic mass is 32.1. The Morgan fingerprint density at radius 1 is 1.12 bits per heavy atom. The Morgan fingerprint density at radius 3 is 2.61 bits per heavy atom. The number of carbonyl (C=O) groups is 2. The van der Waals surface area contributed by atoms with Gasteiger partial charge in [-0.3, -0.25) is 19.5 Å². The largest absolute Gasteiger partial charge is 0.508 e. The van der Waals surface area contributed by atoms with Crippen LogP contribution in [0.5, 0.6) is 11.5 Å². The Morgan fingerprint density at radius 2 is 1.91 bits per heavy atom. The van der Waals surface area contributed by atoms with Gasteiger partial charge in [0, 0.05) is 18.0 Å². The number of aromatic nitrogens is 2. The third kappa shape index (κ3) is 3.48. The molecule has 0 aliphatic carbocycles. The summed E-state index contributed by atoms with van der Waals surface area (Å²) >= 11 is 1.24. The number of phenols is 1. The Bertz CT molecular complexity index is 1410. The number of hydrogen-bond acceptors (Lipinski definition) is 8. The second-order valence-corrected chi connectivity index (χ2v) is 8.34. The molecule has 3 heterocycles. The number of phenolic OH excluding ortho intramolecular Hbond substituents is 1. The number of methoxy groups -OCH3 is 1. The fourth-order valence-corrected chi connectivity index (χ4v) is 4.80. The number of ether oxygens (including phenoxy) is 1. The molecule has 1 amide bonds. The van der Waals surface area contributed by atoms with Crippen molar-refractivity contribution in [1.29, 1.82) is 0 Å². The number of aliphatic hydroxyl groups is 1. The van der Waals surface area contributed by atoms with Crippen molar-refractivity contribution in [2.24, 2.45) is 0 Å². The molecule has 1 unspecified atom stereocenters. The van der Waals surface area contributed by atoms with Gasteiger partial charge in [0.05, 0.1) is 28.9 Å². The van der Waals surface area contributed by atoms with Gasteiger partial charge in [0.15, 0.2) is 5.13 Å². The van der Waals surface area contributed by atoms with Crippen LogP contribution in [0.4, 0.5) is 5.13 Å². The molecule has 0 spiro atoms. The van der Waals surface area contributed by atoms with E-state index in [1.165, 1.54) is 34.6 Å². The van der Waals surface area contributed by atoms with E-state index in [1.54, 1.807) is 55.8 Å². The number of ketones is 1. The van der Waals surface area contributed by atoms with Crippen LogP contribution < -0.4 is 9.64 Å². The first-order chi connectivity index (χ1) is 16.0. The van der Waals surface area contributed by atoms with Crippen molar-refractivity contribution in [3.63, 3.8) is 0 Å². The van der Waals surface area contributed by atoms with E-state index in [0.29, 0.717) is 27.5 Å². The first-order valence-corrected chi connectivity index (χ1v) is 10.7. The number of thiazole rings is 1. The predicted molar refractivity (Wildman–Crippen MR) is 123 cm³/mol. The highest BCUT2D eigenvalue weighted by Crippen LogP contribution is 2.44. The minimum absolute atomic E-state index is 0.0371. The quantitative estimate of drug-likeness (QED) is 0.269. The number of fused-ring (bicyclic) bond motifs is 1. The minimum atomic E-state index is -0.937. The summed E-state index contributed by atoms with van der Waals surface area (Å²) in [6.45, 7) is 0. The van der Waals surface area contributed by atoms with Gasteiger partial charge < -0.3 is 14.9 Å². The lowest BCUT2D eigenvalue weighted by Gasteiger charge is -2.22. The second kappa shape index (κ2) is 8.03. The van der Waals surface area contributed by atoms with Crippen LogP contribution in [0.25, 0.3) is 16.0 Å². The maximum absolute atomic E-state index is 13.2. The van der Waals surface area contributed by atoms with Crippen LogP contribution in [0, 0.1) is 0 Å². The minimum Gasteiger partial charge on any atom is -0.508 e. The third-order valence-electron chi connectivity index (χ3n) is 5.38. The number of anilines is 1. The smallest absolute Gasteiger partial charge is 0.301 e. The van der Waals surface area contributed by atoms with Crippen LogP contribution in [0.2, 0.25) is 0 Å². The highest BCUT2D eigenvalue weighted by Gasteiger charge is 2.48. The zero-order chi connectivity index (χ0) is 23.1. The van der Waals surface area contributed by atoms with E-state index in [2.05, 4.69) is 9.97 Å². The fraction of sp³-hybridized carbons (Fsp3) is 0.0833. The fourth-order valence-electron chi connectivity index (χ4n) is 3.78. The Hall–Kier alpha value is -4.24. The van der Waals surface area contributed by atoms with Crippen LogP contribution in [-0.2, 0) is 9.59 Å². The molecule has 2 aromatic heterocycles. The number of aromatic hydroxyl groups is 1. The predicted octanol–water partition coefficient (Wildman–Crippen LogP) is 4.03. The van der Waals surface area contributed by atoms with Gasteiger partial charge in [0.2, 0.25) is 0 Å². The molecule has 1 fully saturated rings. The van der Waals surface area contributed by atoms with E-state index in [-0.39, 0.29) is 17.1 Å².